The Morgan fingerprint density at radius 2 is 1.88 bits per heavy atom. The summed E-state index contributed by atoms with van der Waals surface area (Å²) in [6.07, 6.45) is 15.9. The topological polar surface area (TPSA) is 59.9 Å². The minimum Gasteiger partial charge on any atom is -0.396 e. The van der Waals surface area contributed by atoms with Crippen molar-refractivity contribution in [2.45, 2.75) is 39.5 Å². The molecule has 2 heterocycles. The van der Waals surface area contributed by atoms with Crippen molar-refractivity contribution in [1.82, 2.24) is 14.8 Å². The zero-order chi connectivity index (χ0) is 23.5. The second-order valence-corrected chi connectivity index (χ2v) is 9.02. The molecule has 33 heavy (non-hydrogen) atoms. The molecule has 1 saturated heterocycles. The normalized spacial score (nSPS) is 22.9. The number of pyridine rings is 1. The van der Waals surface area contributed by atoms with E-state index in [-0.39, 0.29) is 18.4 Å². The maximum atomic E-state index is 13.5. The molecule has 0 atom stereocenters. The summed E-state index contributed by atoms with van der Waals surface area (Å²) in [7, 11) is 0. The van der Waals surface area contributed by atoms with Gasteiger partial charge in [0.15, 0.2) is 0 Å². The maximum absolute atomic E-state index is 13.5. The maximum Gasteiger partial charge on any atom is 0.231 e. The van der Waals surface area contributed by atoms with Crippen LogP contribution in [-0.4, -0.2) is 71.7 Å². The van der Waals surface area contributed by atoms with E-state index in [1.165, 1.54) is 5.70 Å². The highest BCUT2D eigenvalue weighted by Crippen LogP contribution is 2.30. The van der Waals surface area contributed by atoms with Gasteiger partial charge in [-0.3, -0.25) is 14.6 Å². The number of hydrogen-bond acceptors (Lipinski definition) is 5. The summed E-state index contributed by atoms with van der Waals surface area (Å²) >= 11 is 0. The van der Waals surface area contributed by atoms with Gasteiger partial charge in [-0.2, -0.15) is 0 Å². The molecule has 0 radical (unpaired) electrons. The third kappa shape index (κ3) is 7.27. The number of aliphatic hydroxyl groups excluding tert-OH is 1. The van der Waals surface area contributed by atoms with E-state index in [4.69, 9.17) is 0 Å². The number of hydrogen-bond donors (Lipinski definition) is 1. The number of aromatic nitrogens is 1. The van der Waals surface area contributed by atoms with Crippen molar-refractivity contribution in [2.75, 3.05) is 50.8 Å². The Hall–Kier alpha value is -2.44. The minimum absolute atomic E-state index is 0.0341. The molecule has 1 N–H and O–H groups in total. The lowest BCUT2D eigenvalue weighted by atomic mass is 9.81. The second kappa shape index (κ2) is 13.3. The lowest BCUT2D eigenvalue weighted by Gasteiger charge is -2.38. The average Bonchev–Trinajstić information content (AvgIpc) is 2.87. The highest BCUT2D eigenvalue weighted by atomic mass is 16.3. The van der Waals surface area contributed by atoms with E-state index in [1.807, 2.05) is 30.0 Å². The zero-order valence-corrected chi connectivity index (χ0v) is 20.3. The summed E-state index contributed by atoms with van der Waals surface area (Å²) in [4.78, 5) is 24.7. The van der Waals surface area contributed by atoms with Crippen molar-refractivity contribution >= 4 is 11.7 Å². The van der Waals surface area contributed by atoms with Crippen LogP contribution in [0.25, 0.3) is 0 Å². The van der Waals surface area contributed by atoms with Crippen LogP contribution < -0.4 is 4.90 Å². The summed E-state index contributed by atoms with van der Waals surface area (Å²) in [5.41, 5.74) is 1.25. The van der Waals surface area contributed by atoms with Gasteiger partial charge in [0.2, 0.25) is 5.91 Å². The molecule has 2 aliphatic rings. The summed E-state index contributed by atoms with van der Waals surface area (Å²) in [6.45, 7) is 9.76. The molecule has 6 nitrogen and oxygen atoms in total. The van der Waals surface area contributed by atoms with Gasteiger partial charge in [-0.25, -0.2) is 4.98 Å². The number of allylic oxidation sites excluding steroid dienone is 5. The third-order valence-electron chi connectivity index (χ3n) is 6.82. The number of carbonyl (C=O) groups excluding carboxylic acids is 1. The molecule has 6 heteroatoms. The lowest BCUT2D eigenvalue weighted by molar-refractivity contribution is -0.123. The molecule has 0 aromatic carbocycles. The van der Waals surface area contributed by atoms with Crippen LogP contribution in [0.2, 0.25) is 0 Å². The molecule has 3 rings (SSSR count). The van der Waals surface area contributed by atoms with Gasteiger partial charge in [0.1, 0.15) is 5.82 Å². The monoisotopic (exact) mass is 452 g/mol. The Morgan fingerprint density at radius 3 is 2.48 bits per heavy atom. The smallest absolute Gasteiger partial charge is 0.231 e. The van der Waals surface area contributed by atoms with E-state index in [9.17, 15) is 9.90 Å². The first-order valence-corrected chi connectivity index (χ1v) is 12.4. The van der Waals surface area contributed by atoms with Crippen LogP contribution >= 0.6 is 0 Å². The molecule has 1 aliphatic carbocycles. The van der Waals surface area contributed by atoms with E-state index in [1.54, 1.807) is 6.20 Å². The largest absolute Gasteiger partial charge is 0.396 e. The van der Waals surface area contributed by atoms with E-state index in [0.717, 1.165) is 64.2 Å². The number of aliphatic hydroxyl groups is 1. The number of carbonyl (C=O) groups is 1. The summed E-state index contributed by atoms with van der Waals surface area (Å²) < 4.78 is 0. The fraction of sp³-hybridized carbons (Fsp3) is 0.556. The molecule has 0 spiro atoms. The number of rotatable bonds is 9. The number of anilines is 1. The van der Waals surface area contributed by atoms with Crippen LogP contribution in [0.4, 0.5) is 5.82 Å². The van der Waals surface area contributed by atoms with Gasteiger partial charge in [0.25, 0.3) is 0 Å². The van der Waals surface area contributed by atoms with Crippen LogP contribution in [0.1, 0.15) is 39.5 Å². The Balaban J connectivity index is 1.59. The lowest BCUT2D eigenvalue weighted by Crippen LogP contribution is -2.49. The van der Waals surface area contributed by atoms with Crippen LogP contribution in [0.15, 0.2) is 60.5 Å². The van der Waals surface area contributed by atoms with E-state index < -0.39 is 0 Å². The van der Waals surface area contributed by atoms with Gasteiger partial charge >= 0.3 is 0 Å². The number of amides is 1. The molecule has 0 bridgehead atoms. The van der Waals surface area contributed by atoms with Crippen LogP contribution in [0.5, 0.6) is 0 Å². The van der Waals surface area contributed by atoms with Crippen LogP contribution in [0.3, 0.4) is 0 Å². The molecule has 1 saturated carbocycles. The SMILES string of the molecule is C\C=C/C=C(\C=C/C)N1CCN(CCN(C(=O)C2CCC(CO)CC2)c2ccccn2)CC1. The molecular weight excluding hydrogens is 412 g/mol. The third-order valence-corrected chi connectivity index (χ3v) is 6.82. The molecule has 0 unspecified atom stereocenters. The van der Waals surface area contributed by atoms with Crippen LogP contribution in [0, 0.1) is 11.8 Å². The van der Waals surface area contributed by atoms with Gasteiger partial charge in [-0.1, -0.05) is 24.3 Å². The van der Waals surface area contributed by atoms with Crippen molar-refractivity contribution in [1.29, 1.82) is 0 Å². The molecule has 180 valence electrons. The molecular formula is C27H40N4O2. The van der Waals surface area contributed by atoms with Crippen molar-refractivity contribution in [3.63, 3.8) is 0 Å². The van der Waals surface area contributed by atoms with Crippen molar-refractivity contribution in [3.8, 4) is 0 Å². The first kappa shape index (κ1) is 25.2. The summed E-state index contributed by atoms with van der Waals surface area (Å²) in [5, 5.41) is 9.43. The molecule has 1 aromatic heterocycles. The number of piperazine rings is 1. The van der Waals surface area contributed by atoms with Gasteiger partial charge in [0.05, 0.1) is 0 Å². The molecule has 1 amide bonds. The Kier molecular flexibility index (Phi) is 10.2. The highest BCUT2D eigenvalue weighted by Gasteiger charge is 2.30. The van der Waals surface area contributed by atoms with Crippen molar-refractivity contribution in [2.24, 2.45) is 11.8 Å². The highest BCUT2D eigenvalue weighted by molar-refractivity contribution is 5.94. The average molecular weight is 453 g/mol. The summed E-state index contributed by atoms with van der Waals surface area (Å²) in [5.74, 6) is 1.32. The Labute approximate surface area is 199 Å². The quantitative estimate of drug-likeness (QED) is 0.577. The molecule has 1 aliphatic heterocycles. The minimum atomic E-state index is 0.0341. The Bertz CT molecular complexity index is 805. The zero-order valence-electron chi connectivity index (χ0n) is 20.3. The standard InChI is InChI=1S/C27H40N4O2/c1-3-5-9-25(8-4-2)30-19-16-29(17-20-30)18-21-31(26-10-6-7-15-28-26)27(33)24-13-11-23(22-32)12-14-24/h3-10,15,23-24,32H,11-14,16-22H2,1-2H3/b5-3-,8-4-,25-9+. The second-order valence-electron chi connectivity index (χ2n) is 9.02. The van der Waals surface area contributed by atoms with Crippen molar-refractivity contribution in [3.05, 3.63) is 60.5 Å². The predicted molar refractivity (Wildman–Crippen MR) is 135 cm³/mol. The van der Waals surface area contributed by atoms with Gasteiger partial charge < -0.3 is 10.0 Å². The van der Waals surface area contributed by atoms with Gasteiger partial charge in [-0.05, 0) is 69.7 Å². The van der Waals surface area contributed by atoms with Crippen molar-refractivity contribution < 1.29 is 9.90 Å². The van der Waals surface area contributed by atoms with E-state index >= 15 is 0 Å². The fourth-order valence-corrected chi connectivity index (χ4v) is 4.77. The van der Waals surface area contributed by atoms with E-state index in [2.05, 4.69) is 52.1 Å². The molecule has 2 fully saturated rings. The summed E-state index contributed by atoms with van der Waals surface area (Å²) in [6, 6.07) is 5.77. The number of nitrogens with zero attached hydrogens (tertiary/aromatic N) is 4. The van der Waals surface area contributed by atoms with Gasteiger partial charge in [-0.15, -0.1) is 0 Å². The van der Waals surface area contributed by atoms with E-state index in [0.29, 0.717) is 12.5 Å². The predicted octanol–water partition coefficient (Wildman–Crippen LogP) is 3.87. The molecule has 1 aromatic rings. The van der Waals surface area contributed by atoms with Gasteiger partial charge in [0, 0.05) is 63.7 Å². The fourth-order valence-electron chi connectivity index (χ4n) is 4.77. The Morgan fingerprint density at radius 1 is 1.12 bits per heavy atom. The first-order chi connectivity index (χ1) is 16.2. The van der Waals surface area contributed by atoms with Crippen LogP contribution in [-0.2, 0) is 4.79 Å². The first-order valence-electron chi connectivity index (χ1n) is 12.4.